The summed E-state index contributed by atoms with van der Waals surface area (Å²) >= 11 is 0. The van der Waals surface area contributed by atoms with Gasteiger partial charge in [-0.1, -0.05) is 30.3 Å². The first-order chi connectivity index (χ1) is 19.6. The fourth-order valence-electron chi connectivity index (χ4n) is 6.80. The molecule has 216 valence electrons. The number of anilines is 3. The molecule has 6 rings (SSSR count). The highest BCUT2D eigenvalue weighted by molar-refractivity contribution is 6.72. The average Bonchev–Trinajstić information content (AvgIpc) is 3.70. The molecule has 0 unspecified atom stereocenters. The van der Waals surface area contributed by atoms with Gasteiger partial charge in [-0.15, -0.1) is 5.10 Å². The van der Waals surface area contributed by atoms with Crippen LogP contribution in [-0.4, -0.2) is 66.4 Å². The zero-order chi connectivity index (χ0) is 28.9. The number of halogens is 1. The number of aromatic nitrogens is 3. The Hall–Kier alpha value is -3.61. The van der Waals surface area contributed by atoms with Gasteiger partial charge < -0.3 is 18.7 Å². The normalized spacial score (nSPS) is 25.8. The number of aliphatic hydroxyl groups excluding tert-OH is 1. The SMILES string of the molecule is C[C@H]1[C@H]([Si](C)(C)F)[C@@H](CCn2cc(CCO)nn2)O[C@]12C(=O)N(c1ccccc1)c1ccc(N3CCOC3=O)cc12. The van der Waals surface area contributed by atoms with Crippen molar-refractivity contribution in [3.05, 3.63) is 66.0 Å². The Kier molecular flexibility index (Phi) is 6.95. The number of ether oxygens (including phenoxy) is 2. The number of nitrogens with zero attached hydrogens (tertiary/aromatic N) is 5. The molecule has 3 aliphatic rings. The van der Waals surface area contributed by atoms with Gasteiger partial charge in [0.1, 0.15) is 6.61 Å². The molecule has 41 heavy (non-hydrogen) atoms. The molecule has 0 saturated carbocycles. The molecule has 1 N–H and O–H groups in total. The molecule has 3 aromatic rings. The fourth-order valence-corrected chi connectivity index (χ4v) is 9.34. The van der Waals surface area contributed by atoms with Crippen molar-refractivity contribution in [2.45, 2.75) is 56.7 Å². The summed E-state index contributed by atoms with van der Waals surface area (Å²) in [4.78, 5) is 30.2. The van der Waals surface area contributed by atoms with Crippen LogP contribution < -0.4 is 9.80 Å². The van der Waals surface area contributed by atoms with Crippen LogP contribution in [0.2, 0.25) is 18.6 Å². The second-order valence-electron chi connectivity index (χ2n) is 11.4. The van der Waals surface area contributed by atoms with E-state index in [2.05, 4.69) is 10.3 Å². The van der Waals surface area contributed by atoms with Crippen LogP contribution in [0.25, 0.3) is 0 Å². The average molecular weight is 580 g/mol. The number of para-hydroxylation sites is 1. The lowest BCUT2D eigenvalue weighted by molar-refractivity contribution is -0.145. The first kappa shape index (κ1) is 27.6. The second kappa shape index (κ2) is 10.3. The van der Waals surface area contributed by atoms with Crippen LogP contribution in [-0.2, 0) is 32.8 Å². The van der Waals surface area contributed by atoms with Gasteiger partial charge in [-0.25, -0.2) is 4.79 Å². The Bertz CT molecular complexity index is 1460. The Morgan fingerprint density at radius 2 is 1.93 bits per heavy atom. The number of hydrogen-bond donors (Lipinski definition) is 1. The molecule has 0 aliphatic carbocycles. The van der Waals surface area contributed by atoms with Gasteiger partial charge in [0.05, 0.1) is 24.0 Å². The highest BCUT2D eigenvalue weighted by Gasteiger charge is 2.67. The van der Waals surface area contributed by atoms with Gasteiger partial charge in [0.25, 0.3) is 5.91 Å². The van der Waals surface area contributed by atoms with E-state index < -0.39 is 37.7 Å². The molecule has 3 aliphatic heterocycles. The molecular weight excluding hydrogens is 545 g/mol. The van der Waals surface area contributed by atoms with Crippen LogP contribution >= 0.6 is 0 Å². The standard InChI is InChI=1S/C29H34FN5O5Si/c1-19-26(41(2,3)30)25(11-13-33-18-20(12-15-36)31-32-33)40-29(19)23-17-22(34-14-16-39-28(34)38)9-10-24(23)35(27(29)37)21-7-5-4-6-8-21/h4-10,17-19,25-26,36H,11-16H2,1-3H3/t19-,25+,26-,29+/m0/s1. The number of rotatable bonds is 8. The zero-order valence-corrected chi connectivity index (χ0v) is 24.4. The Labute approximate surface area is 238 Å². The number of carbonyl (C=O) groups excluding carboxylic acids is 2. The molecule has 2 aromatic carbocycles. The van der Waals surface area contributed by atoms with Gasteiger partial charge in [0, 0.05) is 54.2 Å². The molecule has 2 amide bonds. The largest absolute Gasteiger partial charge is 0.447 e. The summed E-state index contributed by atoms with van der Waals surface area (Å²) in [6.07, 6.45) is 1.62. The highest BCUT2D eigenvalue weighted by Crippen LogP contribution is 2.61. The lowest BCUT2D eigenvalue weighted by Crippen LogP contribution is -2.44. The van der Waals surface area contributed by atoms with Crippen LogP contribution in [0.1, 0.15) is 24.6 Å². The molecule has 10 nitrogen and oxygen atoms in total. The number of carbonyl (C=O) groups is 2. The summed E-state index contributed by atoms with van der Waals surface area (Å²) in [5, 5.41) is 17.5. The Morgan fingerprint density at radius 3 is 2.61 bits per heavy atom. The van der Waals surface area contributed by atoms with Crippen LogP contribution in [0.15, 0.2) is 54.7 Å². The fraction of sp³-hybridized carbons (Fsp3) is 0.448. The van der Waals surface area contributed by atoms with Crippen molar-refractivity contribution in [3.63, 3.8) is 0 Å². The molecule has 2 fully saturated rings. The maximum absolute atomic E-state index is 16.2. The third kappa shape index (κ3) is 4.54. The van der Waals surface area contributed by atoms with E-state index in [1.54, 1.807) is 33.8 Å². The first-order valence-electron chi connectivity index (χ1n) is 14.0. The second-order valence-corrected chi connectivity index (χ2v) is 15.2. The molecule has 1 aromatic heterocycles. The lowest BCUT2D eigenvalue weighted by atomic mass is 9.82. The molecule has 1 spiro atoms. The monoisotopic (exact) mass is 579 g/mol. The number of aryl methyl sites for hydroxylation is 1. The van der Waals surface area contributed by atoms with Gasteiger partial charge in [-0.3, -0.25) is 19.3 Å². The smallest absolute Gasteiger partial charge is 0.414 e. The summed E-state index contributed by atoms with van der Waals surface area (Å²) in [6, 6.07) is 14.8. The molecule has 12 heteroatoms. The third-order valence-electron chi connectivity index (χ3n) is 8.54. The quantitative estimate of drug-likeness (QED) is 0.313. The van der Waals surface area contributed by atoms with E-state index in [0.29, 0.717) is 54.3 Å². The minimum atomic E-state index is -3.35. The molecule has 0 bridgehead atoms. The number of aliphatic hydroxyl groups is 1. The van der Waals surface area contributed by atoms with E-state index in [-0.39, 0.29) is 19.1 Å². The van der Waals surface area contributed by atoms with Crippen molar-refractivity contribution in [2.24, 2.45) is 5.92 Å². The lowest BCUT2D eigenvalue weighted by Gasteiger charge is -2.31. The van der Waals surface area contributed by atoms with Gasteiger partial charge in [0.15, 0.2) is 5.60 Å². The van der Waals surface area contributed by atoms with Crippen LogP contribution in [0, 0.1) is 5.92 Å². The number of hydrogen-bond acceptors (Lipinski definition) is 7. The molecular formula is C29H34FN5O5Si. The van der Waals surface area contributed by atoms with E-state index in [0.717, 1.165) is 0 Å². The predicted octanol–water partition coefficient (Wildman–Crippen LogP) is 4.31. The Morgan fingerprint density at radius 1 is 1.15 bits per heavy atom. The maximum atomic E-state index is 16.2. The van der Waals surface area contributed by atoms with E-state index in [1.807, 2.05) is 55.5 Å². The van der Waals surface area contributed by atoms with E-state index in [4.69, 9.17) is 9.47 Å². The summed E-state index contributed by atoms with van der Waals surface area (Å²) in [6.45, 7) is 6.36. The van der Waals surface area contributed by atoms with Gasteiger partial charge in [-0.05, 0) is 49.8 Å². The zero-order valence-electron chi connectivity index (χ0n) is 23.4. The van der Waals surface area contributed by atoms with Gasteiger partial charge >= 0.3 is 6.09 Å². The van der Waals surface area contributed by atoms with Gasteiger partial charge in [-0.2, -0.15) is 0 Å². The van der Waals surface area contributed by atoms with Crippen LogP contribution in [0.4, 0.5) is 26.0 Å². The van der Waals surface area contributed by atoms with Crippen LogP contribution in [0.5, 0.6) is 0 Å². The summed E-state index contributed by atoms with van der Waals surface area (Å²) in [5.74, 6) is -0.732. The molecule has 2 saturated heterocycles. The highest BCUT2D eigenvalue weighted by atomic mass is 28.4. The van der Waals surface area contributed by atoms with Crippen molar-refractivity contribution >= 4 is 37.5 Å². The minimum absolute atomic E-state index is 0.0231. The number of amides is 2. The predicted molar refractivity (Wildman–Crippen MR) is 152 cm³/mol. The summed E-state index contributed by atoms with van der Waals surface area (Å²) in [7, 11) is -3.35. The minimum Gasteiger partial charge on any atom is -0.447 e. The topological polar surface area (TPSA) is 110 Å². The third-order valence-corrected chi connectivity index (χ3v) is 11.0. The molecule has 4 heterocycles. The maximum Gasteiger partial charge on any atom is 0.414 e. The van der Waals surface area contributed by atoms with E-state index in [1.165, 1.54) is 0 Å². The van der Waals surface area contributed by atoms with Crippen LogP contribution in [0.3, 0.4) is 0 Å². The first-order valence-corrected chi connectivity index (χ1v) is 17.0. The van der Waals surface area contributed by atoms with Gasteiger partial charge in [0.2, 0.25) is 8.41 Å². The number of cyclic esters (lactones) is 1. The summed E-state index contributed by atoms with van der Waals surface area (Å²) in [5.41, 5.74) is 1.36. The molecule has 4 atom stereocenters. The van der Waals surface area contributed by atoms with Crippen molar-refractivity contribution in [2.75, 3.05) is 29.6 Å². The van der Waals surface area contributed by atoms with Crippen molar-refractivity contribution in [3.8, 4) is 0 Å². The van der Waals surface area contributed by atoms with Crippen molar-refractivity contribution < 1.29 is 28.3 Å². The van der Waals surface area contributed by atoms with Crippen molar-refractivity contribution in [1.82, 2.24) is 15.0 Å². The van der Waals surface area contributed by atoms with Crippen molar-refractivity contribution in [1.29, 1.82) is 0 Å². The number of benzene rings is 2. The Balaban J connectivity index is 1.43. The summed E-state index contributed by atoms with van der Waals surface area (Å²) < 4.78 is 29.8. The molecule has 0 radical (unpaired) electrons. The number of fused-ring (bicyclic) bond motifs is 2. The van der Waals surface area contributed by atoms with E-state index in [9.17, 15) is 14.7 Å². The van der Waals surface area contributed by atoms with E-state index >= 15 is 4.11 Å².